The number of anilines is 1. The predicted molar refractivity (Wildman–Crippen MR) is 89.5 cm³/mol. The van der Waals surface area contributed by atoms with Gasteiger partial charge in [0.1, 0.15) is 5.84 Å². The molecule has 0 radical (unpaired) electrons. The number of pyridine rings is 1. The van der Waals surface area contributed by atoms with Crippen LogP contribution in [0.2, 0.25) is 0 Å². The van der Waals surface area contributed by atoms with Crippen LogP contribution < -0.4 is 4.90 Å². The molecule has 1 aliphatic rings. The molecule has 0 saturated carbocycles. The van der Waals surface area contributed by atoms with Crippen molar-refractivity contribution < 1.29 is 0 Å². The van der Waals surface area contributed by atoms with E-state index in [-0.39, 0.29) is 0 Å². The van der Waals surface area contributed by atoms with Gasteiger partial charge >= 0.3 is 0 Å². The Morgan fingerprint density at radius 3 is 2.45 bits per heavy atom. The van der Waals surface area contributed by atoms with Crippen molar-refractivity contribution in [2.24, 2.45) is 4.99 Å². The fourth-order valence-electron chi connectivity index (χ4n) is 2.71. The predicted octanol–water partition coefficient (Wildman–Crippen LogP) is 4.18. The summed E-state index contributed by atoms with van der Waals surface area (Å²) in [4.78, 5) is 11.3. The van der Waals surface area contributed by atoms with E-state index in [0.29, 0.717) is 0 Å². The van der Waals surface area contributed by atoms with Crippen molar-refractivity contribution in [1.82, 2.24) is 4.98 Å². The van der Waals surface area contributed by atoms with Gasteiger partial charge in [-0.1, -0.05) is 36.4 Å². The Balaban J connectivity index is 1.87. The Kier molecular flexibility index (Phi) is 3.16. The molecule has 0 amide bonds. The summed E-state index contributed by atoms with van der Waals surface area (Å²) in [6, 6.07) is 22.6. The first kappa shape index (κ1) is 12.8. The van der Waals surface area contributed by atoms with Crippen LogP contribution in [0.3, 0.4) is 0 Å². The van der Waals surface area contributed by atoms with Gasteiger partial charge in [-0.3, -0.25) is 4.98 Å². The van der Waals surface area contributed by atoms with Crippen LogP contribution in [0.5, 0.6) is 0 Å². The topological polar surface area (TPSA) is 28.5 Å². The first-order valence-corrected chi connectivity index (χ1v) is 7.31. The maximum Gasteiger partial charge on any atom is 0.142 e. The highest BCUT2D eigenvalue weighted by molar-refractivity contribution is 6.11. The van der Waals surface area contributed by atoms with E-state index in [1.807, 2.05) is 24.4 Å². The molecule has 0 spiro atoms. The van der Waals surface area contributed by atoms with Gasteiger partial charge in [-0.15, -0.1) is 0 Å². The Bertz CT molecular complexity index is 810. The monoisotopic (exact) mass is 285 g/mol. The summed E-state index contributed by atoms with van der Waals surface area (Å²) in [6.07, 6.45) is 3.65. The Hall–Kier alpha value is -2.94. The summed E-state index contributed by atoms with van der Waals surface area (Å²) in [5.41, 5.74) is 4.44. The molecule has 1 aromatic heterocycles. The SMILES string of the molecule is c1ccc(N2Cc3ccccc3N=C2c2cccnc2)cc1. The second kappa shape index (κ2) is 5.45. The Labute approximate surface area is 129 Å². The number of hydrogen-bond donors (Lipinski definition) is 0. The lowest BCUT2D eigenvalue weighted by Gasteiger charge is -2.30. The lowest BCUT2D eigenvalue weighted by atomic mass is 10.1. The number of rotatable bonds is 2. The third-order valence-electron chi connectivity index (χ3n) is 3.79. The van der Waals surface area contributed by atoms with E-state index in [1.165, 1.54) is 5.56 Å². The van der Waals surface area contributed by atoms with Gasteiger partial charge in [0.25, 0.3) is 0 Å². The second-order valence-corrected chi connectivity index (χ2v) is 5.23. The van der Waals surface area contributed by atoms with E-state index >= 15 is 0 Å². The second-order valence-electron chi connectivity index (χ2n) is 5.23. The zero-order chi connectivity index (χ0) is 14.8. The molecule has 3 nitrogen and oxygen atoms in total. The van der Waals surface area contributed by atoms with Crippen molar-refractivity contribution in [1.29, 1.82) is 0 Å². The van der Waals surface area contributed by atoms with Gasteiger partial charge in [-0.05, 0) is 35.9 Å². The number of amidine groups is 1. The largest absolute Gasteiger partial charge is 0.321 e. The molecule has 1 aliphatic heterocycles. The van der Waals surface area contributed by atoms with Crippen molar-refractivity contribution in [2.45, 2.75) is 6.54 Å². The summed E-state index contributed by atoms with van der Waals surface area (Å²) in [6.45, 7) is 0.813. The first-order chi connectivity index (χ1) is 10.9. The number of nitrogens with zero attached hydrogens (tertiary/aromatic N) is 3. The van der Waals surface area contributed by atoms with Gasteiger partial charge in [-0.25, -0.2) is 4.99 Å². The van der Waals surface area contributed by atoms with E-state index < -0.39 is 0 Å². The quantitative estimate of drug-likeness (QED) is 0.706. The lowest BCUT2D eigenvalue weighted by Crippen LogP contribution is -2.33. The van der Waals surface area contributed by atoms with E-state index in [0.717, 1.165) is 29.3 Å². The van der Waals surface area contributed by atoms with E-state index in [2.05, 4.69) is 58.4 Å². The van der Waals surface area contributed by atoms with Crippen LogP contribution in [0, 0.1) is 0 Å². The zero-order valence-corrected chi connectivity index (χ0v) is 12.1. The first-order valence-electron chi connectivity index (χ1n) is 7.31. The van der Waals surface area contributed by atoms with Crippen molar-refractivity contribution in [3.63, 3.8) is 0 Å². The van der Waals surface area contributed by atoms with E-state index in [9.17, 15) is 0 Å². The van der Waals surface area contributed by atoms with Crippen LogP contribution in [-0.4, -0.2) is 10.8 Å². The average molecular weight is 285 g/mol. The molecule has 22 heavy (non-hydrogen) atoms. The molecule has 0 fully saturated rings. The normalized spacial score (nSPS) is 13.5. The van der Waals surface area contributed by atoms with Crippen LogP contribution in [0.25, 0.3) is 0 Å². The van der Waals surface area contributed by atoms with E-state index in [1.54, 1.807) is 6.20 Å². The summed E-state index contributed by atoms with van der Waals surface area (Å²) in [7, 11) is 0. The van der Waals surface area contributed by atoms with Crippen molar-refractivity contribution in [3.05, 3.63) is 90.3 Å². The fourth-order valence-corrected chi connectivity index (χ4v) is 2.71. The minimum absolute atomic E-state index is 0.813. The maximum absolute atomic E-state index is 4.88. The third-order valence-corrected chi connectivity index (χ3v) is 3.79. The van der Waals surface area contributed by atoms with Crippen molar-refractivity contribution >= 4 is 17.2 Å². The third kappa shape index (κ3) is 2.27. The zero-order valence-electron chi connectivity index (χ0n) is 12.1. The lowest BCUT2D eigenvalue weighted by molar-refractivity contribution is 0.976. The molecule has 0 atom stereocenters. The molecule has 2 heterocycles. The number of para-hydroxylation sites is 2. The molecule has 0 N–H and O–H groups in total. The van der Waals surface area contributed by atoms with Gasteiger partial charge in [0.05, 0.1) is 12.2 Å². The van der Waals surface area contributed by atoms with Crippen LogP contribution in [-0.2, 0) is 6.54 Å². The number of aliphatic imine (C=N–C) groups is 1. The molecule has 0 saturated heterocycles. The molecule has 0 aliphatic carbocycles. The molecule has 4 rings (SSSR count). The van der Waals surface area contributed by atoms with Gasteiger partial charge in [0, 0.05) is 23.6 Å². The molecule has 0 bridgehead atoms. The van der Waals surface area contributed by atoms with Crippen molar-refractivity contribution in [2.75, 3.05) is 4.90 Å². The molecule has 2 aromatic carbocycles. The Morgan fingerprint density at radius 1 is 0.818 bits per heavy atom. The van der Waals surface area contributed by atoms with E-state index in [4.69, 9.17) is 4.99 Å². The highest BCUT2D eigenvalue weighted by atomic mass is 15.2. The van der Waals surface area contributed by atoms with Gasteiger partial charge in [0.15, 0.2) is 0 Å². The summed E-state index contributed by atoms with van der Waals surface area (Å²) in [5.74, 6) is 0.943. The molecule has 3 aromatic rings. The molecular weight excluding hydrogens is 270 g/mol. The number of benzene rings is 2. The minimum Gasteiger partial charge on any atom is -0.321 e. The molecular formula is C19H15N3. The fraction of sp³-hybridized carbons (Fsp3) is 0.0526. The number of hydrogen-bond acceptors (Lipinski definition) is 3. The molecule has 106 valence electrons. The van der Waals surface area contributed by atoms with Gasteiger partial charge in [0.2, 0.25) is 0 Å². The highest BCUT2D eigenvalue weighted by Gasteiger charge is 2.22. The maximum atomic E-state index is 4.88. The Morgan fingerprint density at radius 2 is 1.64 bits per heavy atom. The number of fused-ring (bicyclic) bond motifs is 1. The smallest absolute Gasteiger partial charge is 0.142 e. The van der Waals surface area contributed by atoms with Crippen LogP contribution in [0.4, 0.5) is 11.4 Å². The summed E-state index contributed by atoms with van der Waals surface area (Å²) in [5, 5.41) is 0. The summed E-state index contributed by atoms with van der Waals surface area (Å²) >= 11 is 0. The van der Waals surface area contributed by atoms with Crippen LogP contribution in [0.1, 0.15) is 11.1 Å². The minimum atomic E-state index is 0.813. The summed E-state index contributed by atoms with van der Waals surface area (Å²) < 4.78 is 0. The van der Waals surface area contributed by atoms with Crippen molar-refractivity contribution in [3.8, 4) is 0 Å². The highest BCUT2D eigenvalue weighted by Crippen LogP contribution is 2.30. The molecule has 3 heteroatoms. The number of aromatic nitrogens is 1. The standard InChI is InChI=1S/C19H15N3/c1-2-9-17(10-3-1)22-14-16-7-4-5-11-18(16)21-19(22)15-8-6-12-20-13-15/h1-13H,14H2. The van der Waals surface area contributed by atoms with Crippen LogP contribution >= 0.6 is 0 Å². The van der Waals surface area contributed by atoms with Gasteiger partial charge in [-0.2, -0.15) is 0 Å². The molecule has 0 unspecified atom stereocenters. The van der Waals surface area contributed by atoms with Gasteiger partial charge < -0.3 is 4.90 Å². The average Bonchev–Trinajstić information content (AvgIpc) is 2.62. The van der Waals surface area contributed by atoms with Crippen LogP contribution in [0.15, 0.2) is 84.1 Å².